The maximum atomic E-state index is 13.1. The lowest BCUT2D eigenvalue weighted by Gasteiger charge is -2.26. The molecule has 0 saturated carbocycles. The lowest BCUT2D eigenvalue weighted by molar-refractivity contribution is -0.149. The van der Waals surface area contributed by atoms with Gasteiger partial charge in [0.2, 0.25) is 5.91 Å². The Balaban J connectivity index is 1.79. The van der Waals surface area contributed by atoms with Crippen molar-refractivity contribution in [3.63, 3.8) is 0 Å². The van der Waals surface area contributed by atoms with Gasteiger partial charge in [0.1, 0.15) is 6.10 Å². The van der Waals surface area contributed by atoms with E-state index < -0.39 is 54.7 Å². The quantitative estimate of drug-likeness (QED) is 0.289. The first-order valence-electron chi connectivity index (χ1n) is 11.4. The van der Waals surface area contributed by atoms with E-state index in [9.17, 15) is 24.3 Å². The minimum absolute atomic E-state index is 0.176. The van der Waals surface area contributed by atoms with Crippen LogP contribution >= 0.6 is 23.2 Å². The third-order valence-corrected chi connectivity index (χ3v) is 6.55. The zero-order chi connectivity index (χ0) is 27.1. The highest BCUT2D eigenvalue weighted by Gasteiger charge is 2.28. The molecule has 0 fully saturated rings. The number of halogens is 2. The van der Waals surface area contributed by atoms with Crippen LogP contribution in [0.5, 0.6) is 0 Å². The van der Waals surface area contributed by atoms with Crippen LogP contribution in [0.2, 0.25) is 10.0 Å². The Kier molecular flexibility index (Phi) is 9.49. The lowest BCUT2D eigenvalue weighted by Crippen LogP contribution is -2.45. The van der Waals surface area contributed by atoms with E-state index in [1.807, 2.05) is 24.3 Å². The van der Waals surface area contributed by atoms with Gasteiger partial charge >= 0.3 is 17.9 Å². The first-order valence-corrected chi connectivity index (χ1v) is 12.2. The van der Waals surface area contributed by atoms with Gasteiger partial charge in [-0.2, -0.15) is 0 Å². The summed E-state index contributed by atoms with van der Waals surface area (Å²) in [5.74, 6) is -5.39. The van der Waals surface area contributed by atoms with Crippen LogP contribution < -0.4 is 5.32 Å². The molecule has 0 heterocycles. The maximum absolute atomic E-state index is 13.1. The fraction of sp³-hybridized carbons (Fsp3) is 0.259. The van der Waals surface area contributed by atoms with Crippen molar-refractivity contribution in [3.8, 4) is 0 Å². The predicted octanol–water partition coefficient (Wildman–Crippen LogP) is 4.99. The molecule has 0 radical (unpaired) electrons. The molecule has 1 unspecified atom stereocenters. The highest BCUT2D eigenvalue weighted by molar-refractivity contribution is 6.42. The second kappa shape index (κ2) is 12.6. The van der Waals surface area contributed by atoms with Crippen molar-refractivity contribution in [1.82, 2.24) is 5.32 Å². The van der Waals surface area contributed by atoms with Crippen LogP contribution in [0, 0.1) is 5.92 Å². The predicted molar refractivity (Wildman–Crippen MR) is 139 cm³/mol. The van der Waals surface area contributed by atoms with Crippen molar-refractivity contribution in [2.45, 2.75) is 38.3 Å². The van der Waals surface area contributed by atoms with Gasteiger partial charge in [-0.1, -0.05) is 59.6 Å². The van der Waals surface area contributed by atoms with Gasteiger partial charge in [-0.15, -0.1) is 0 Å². The zero-order valence-electron chi connectivity index (χ0n) is 19.8. The number of ether oxygens (including phenoxy) is 1. The molecule has 1 amide bonds. The van der Waals surface area contributed by atoms with Crippen molar-refractivity contribution in [1.29, 1.82) is 0 Å². The fourth-order valence-electron chi connectivity index (χ4n) is 3.83. The Labute approximate surface area is 223 Å². The first-order chi connectivity index (χ1) is 17.5. The van der Waals surface area contributed by atoms with Crippen molar-refractivity contribution in [2.24, 2.45) is 5.92 Å². The minimum atomic E-state index is -1.39. The van der Waals surface area contributed by atoms with Gasteiger partial charge in [0.25, 0.3) is 0 Å². The fourth-order valence-corrected chi connectivity index (χ4v) is 4.15. The van der Waals surface area contributed by atoms with E-state index in [-0.39, 0.29) is 6.42 Å². The highest BCUT2D eigenvalue weighted by Crippen LogP contribution is 2.25. The number of hydrogen-bond donors (Lipinski definition) is 3. The monoisotopic (exact) mass is 545 g/mol. The van der Waals surface area contributed by atoms with Crippen molar-refractivity contribution in [3.05, 3.63) is 81.8 Å². The van der Waals surface area contributed by atoms with Crippen LogP contribution in [0.25, 0.3) is 10.8 Å². The van der Waals surface area contributed by atoms with Crippen LogP contribution in [-0.2, 0) is 25.5 Å². The summed E-state index contributed by atoms with van der Waals surface area (Å²) in [5, 5.41) is 23.3. The first kappa shape index (κ1) is 28.0. The van der Waals surface area contributed by atoms with E-state index in [2.05, 4.69) is 5.32 Å². The summed E-state index contributed by atoms with van der Waals surface area (Å²) < 4.78 is 5.80. The minimum Gasteiger partial charge on any atom is -0.481 e. The Morgan fingerprint density at radius 1 is 0.892 bits per heavy atom. The lowest BCUT2D eigenvalue weighted by atomic mass is 9.99. The van der Waals surface area contributed by atoms with E-state index >= 15 is 0 Å². The van der Waals surface area contributed by atoms with Crippen LogP contribution in [0.3, 0.4) is 0 Å². The Morgan fingerprint density at radius 3 is 2.24 bits per heavy atom. The molecule has 0 saturated heterocycles. The number of fused-ring (bicyclic) bond motifs is 1. The number of carboxylic acids is 2. The second-order valence-corrected chi connectivity index (χ2v) is 9.47. The number of carbonyl (C=O) groups excluding carboxylic acids is 2. The van der Waals surface area contributed by atoms with Gasteiger partial charge in [0.15, 0.2) is 0 Å². The molecule has 0 aliphatic carbocycles. The molecule has 0 aliphatic rings. The average Bonchev–Trinajstić information content (AvgIpc) is 2.84. The number of benzene rings is 3. The number of hydrogen-bond acceptors (Lipinski definition) is 5. The molecule has 0 spiro atoms. The van der Waals surface area contributed by atoms with Gasteiger partial charge in [-0.3, -0.25) is 14.4 Å². The molecule has 8 nitrogen and oxygen atoms in total. The van der Waals surface area contributed by atoms with Gasteiger partial charge < -0.3 is 20.3 Å². The molecule has 3 aromatic rings. The van der Waals surface area contributed by atoms with E-state index in [1.165, 1.54) is 0 Å². The summed E-state index contributed by atoms with van der Waals surface area (Å²) in [4.78, 5) is 47.9. The van der Waals surface area contributed by atoms with Gasteiger partial charge in [-0.25, -0.2) is 4.79 Å². The molecule has 3 aromatic carbocycles. The molecule has 0 aliphatic heterocycles. The summed E-state index contributed by atoms with van der Waals surface area (Å²) >= 11 is 12.1. The standard InChI is InChI=1S/C27H25Cl2NO7/c1-15(30-24(31)13-20(26(34)35)14-25(32)33)23(11-16-6-9-21(28)22(29)10-16)37-27(36)19-8-7-17-4-2-3-5-18(17)12-19/h2-10,12,15,20,23H,11,13-14H2,1H3,(H,30,31)(H,32,33)(H,34,35)/t15-,20?,23-/m0/s1. The van der Waals surface area contributed by atoms with Gasteiger partial charge in [0, 0.05) is 12.8 Å². The average molecular weight is 546 g/mol. The summed E-state index contributed by atoms with van der Waals surface area (Å²) in [5.41, 5.74) is 1.02. The molecular weight excluding hydrogens is 521 g/mol. The normalized spacial score (nSPS) is 13.4. The SMILES string of the molecule is C[C@H](NC(=O)CC(CC(=O)O)C(=O)O)[C@H](Cc1ccc(Cl)c(Cl)c1)OC(=O)c1ccc2ccccc2c1. The zero-order valence-corrected chi connectivity index (χ0v) is 21.3. The molecule has 37 heavy (non-hydrogen) atoms. The molecular formula is C27H25Cl2NO7. The van der Waals surface area contributed by atoms with Crippen molar-refractivity contribution < 1.29 is 34.1 Å². The largest absolute Gasteiger partial charge is 0.481 e. The topological polar surface area (TPSA) is 130 Å². The number of amides is 1. The van der Waals surface area contributed by atoms with Crippen LogP contribution in [-0.4, -0.2) is 46.2 Å². The maximum Gasteiger partial charge on any atom is 0.338 e. The highest BCUT2D eigenvalue weighted by atomic mass is 35.5. The Morgan fingerprint density at radius 2 is 1.59 bits per heavy atom. The Bertz CT molecular complexity index is 1330. The molecule has 10 heteroatoms. The van der Waals surface area contributed by atoms with Crippen molar-refractivity contribution >= 4 is 57.8 Å². The van der Waals surface area contributed by atoms with Gasteiger partial charge in [-0.05, 0) is 47.5 Å². The summed E-state index contributed by atoms with van der Waals surface area (Å²) in [6, 6.07) is 16.9. The number of rotatable bonds is 11. The summed E-state index contributed by atoms with van der Waals surface area (Å²) in [6.45, 7) is 1.61. The van der Waals surface area contributed by atoms with E-state index in [1.54, 1.807) is 43.3 Å². The van der Waals surface area contributed by atoms with E-state index in [0.29, 0.717) is 21.2 Å². The number of esters is 1. The van der Waals surface area contributed by atoms with Crippen LogP contribution in [0.4, 0.5) is 0 Å². The molecule has 3 atom stereocenters. The number of carbonyl (C=O) groups is 4. The van der Waals surface area contributed by atoms with E-state index in [0.717, 1.165) is 10.8 Å². The van der Waals surface area contributed by atoms with Gasteiger partial charge in [0.05, 0.1) is 34.0 Å². The summed E-state index contributed by atoms with van der Waals surface area (Å²) in [6.07, 6.45) is -1.91. The number of aliphatic carboxylic acids is 2. The summed E-state index contributed by atoms with van der Waals surface area (Å²) in [7, 11) is 0. The van der Waals surface area contributed by atoms with Crippen LogP contribution in [0.1, 0.15) is 35.7 Å². The third kappa shape index (κ3) is 7.93. The third-order valence-electron chi connectivity index (χ3n) is 5.81. The molecule has 0 bridgehead atoms. The van der Waals surface area contributed by atoms with Crippen molar-refractivity contribution in [2.75, 3.05) is 0 Å². The Hall–Kier alpha value is -3.62. The molecule has 0 aromatic heterocycles. The molecule has 194 valence electrons. The number of nitrogens with one attached hydrogen (secondary N) is 1. The number of carboxylic acid groups (broad SMARTS) is 2. The second-order valence-electron chi connectivity index (χ2n) is 8.65. The smallest absolute Gasteiger partial charge is 0.338 e. The van der Waals surface area contributed by atoms with Crippen LogP contribution in [0.15, 0.2) is 60.7 Å². The molecule has 3 N–H and O–H groups in total. The molecule has 3 rings (SSSR count). The van der Waals surface area contributed by atoms with E-state index in [4.69, 9.17) is 33.0 Å².